The van der Waals surface area contributed by atoms with Crippen molar-refractivity contribution in [2.45, 2.75) is 12.0 Å². The Balaban J connectivity index is 2.65. The fourth-order valence-electron chi connectivity index (χ4n) is 1.01. The molecule has 0 aliphatic carbocycles. The average molecular weight is 375 g/mol. The topological polar surface area (TPSA) is 69.6 Å². The summed E-state index contributed by atoms with van der Waals surface area (Å²) in [5.41, 5.74) is 0.133. The molecule has 4 nitrogen and oxygen atoms in total. The summed E-state index contributed by atoms with van der Waals surface area (Å²) in [7, 11) is 0. The predicted molar refractivity (Wildman–Crippen MR) is 64.7 cm³/mol. The molecular weight excluding hydrogens is 366 g/mol. The van der Waals surface area contributed by atoms with Gasteiger partial charge in [0.1, 0.15) is 0 Å². The molecule has 0 bridgehead atoms. The third-order valence-electron chi connectivity index (χ3n) is 2.06. The maximum Gasteiger partial charge on any atom is 0.444 e. The van der Waals surface area contributed by atoms with E-state index in [1.165, 1.54) is 12.1 Å². The van der Waals surface area contributed by atoms with Crippen LogP contribution in [0.4, 0.5) is 13.2 Å². The Hall–Kier alpha value is -0.870. The van der Waals surface area contributed by atoms with Crippen LogP contribution in [0.2, 0.25) is 0 Å². The number of hydrogen-bond acceptors (Lipinski definition) is 3. The van der Waals surface area contributed by atoms with Gasteiger partial charge in [-0.15, -0.1) is 0 Å². The Morgan fingerprint density at radius 2 is 1.72 bits per heavy atom. The third kappa shape index (κ3) is 3.82. The number of aliphatic hydroxyl groups is 2. The van der Waals surface area contributed by atoms with Gasteiger partial charge in [0.05, 0.1) is 6.54 Å². The maximum atomic E-state index is 12.1. The predicted octanol–water partition coefficient (Wildman–Crippen LogP) is 1.26. The second kappa shape index (κ2) is 5.41. The standard InChI is InChI=1S/C10H9F3INO3/c11-10(12,13)9(17,18)5-15-8(16)6-1-3-7(14)4-2-6/h1-4,17-18H,5H2,(H,15,16). The van der Waals surface area contributed by atoms with Crippen LogP contribution >= 0.6 is 22.6 Å². The summed E-state index contributed by atoms with van der Waals surface area (Å²) < 4.78 is 37.1. The molecule has 0 saturated carbocycles. The second-order valence-corrected chi connectivity index (χ2v) is 4.75. The van der Waals surface area contributed by atoms with Gasteiger partial charge in [0, 0.05) is 9.13 Å². The molecule has 1 rings (SSSR count). The Morgan fingerprint density at radius 3 is 2.17 bits per heavy atom. The molecule has 3 N–H and O–H groups in total. The van der Waals surface area contributed by atoms with Gasteiger partial charge < -0.3 is 15.5 Å². The van der Waals surface area contributed by atoms with Crippen molar-refractivity contribution in [3.05, 3.63) is 33.4 Å². The summed E-state index contributed by atoms with van der Waals surface area (Å²) in [6, 6.07) is 6.04. The van der Waals surface area contributed by atoms with Crippen molar-refractivity contribution in [2.24, 2.45) is 0 Å². The highest BCUT2D eigenvalue weighted by Gasteiger charge is 2.52. The van der Waals surface area contributed by atoms with Crippen molar-refractivity contribution < 1.29 is 28.2 Å². The fraction of sp³-hybridized carbons (Fsp3) is 0.300. The van der Waals surface area contributed by atoms with E-state index in [9.17, 15) is 18.0 Å². The number of carbonyl (C=O) groups is 1. The van der Waals surface area contributed by atoms with Crippen LogP contribution in [0, 0.1) is 3.57 Å². The highest BCUT2D eigenvalue weighted by atomic mass is 127. The van der Waals surface area contributed by atoms with Crippen molar-refractivity contribution in [3.63, 3.8) is 0 Å². The average Bonchev–Trinajstić information content (AvgIpc) is 2.25. The fourth-order valence-corrected chi connectivity index (χ4v) is 1.37. The number of halogens is 4. The minimum Gasteiger partial charge on any atom is -0.357 e. The third-order valence-corrected chi connectivity index (χ3v) is 2.78. The quantitative estimate of drug-likeness (QED) is 0.551. The summed E-state index contributed by atoms with van der Waals surface area (Å²) >= 11 is 2.00. The zero-order valence-electron chi connectivity index (χ0n) is 8.83. The molecule has 0 aliphatic rings. The lowest BCUT2D eigenvalue weighted by atomic mass is 10.2. The summed E-state index contributed by atoms with van der Waals surface area (Å²) in [6.07, 6.45) is -5.23. The van der Waals surface area contributed by atoms with Crippen LogP contribution < -0.4 is 5.32 Å². The lowest BCUT2D eigenvalue weighted by Crippen LogP contribution is -2.53. The highest BCUT2D eigenvalue weighted by molar-refractivity contribution is 14.1. The lowest BCUT2D eigenvalue weighted by molar-refractivity contribution is -0.344. The van der Waals surface area contributed by atoms with Crippen LogP contribution in [0.25, 0.3) is 0 Å². The van der Waals surface area contributed by atoms with Crippen LogP contribution in [0.15, 0.2) is 24.3 Å². The number of nitrogens with one attached hydrogen (secondary N) is 1. The number of alkyl halides is 3. The first-order valence-electron chi connectivity index (χ1n) is 4.69. The van der Waals surface area contributed by atoms with Gasteiger partial charge in [-0.2, -0.15) is 13.2 Å². The summed E-state index contributed by atoms with van der Waals surface area (Å²) in [5, 5.41) is 19.2. The number of amides is 1. The van der Waals surface area contributed by atoms with Gasteiger partial charge in [-0.3, -0.25) is 4.79 Å². The van der Waals surface area contributed by atoms with Crippen LogP contribution in [0.5, 0.6) is 0 Å². The normalized spacial score (nSPS) is 12.3. The van der Waals surface area contributed by atoms with Gasteiger partial charge >= 0.3 is 6.18 Å². The monoisotopic (exact) mass is 375 g/mol. The molecule has 0 heterocycles. The molecule has 100 valence electrons. The second-order valence-electron chi connectivity index (χ2n) is 3.50. The van der Waals surface area contributed by atoms with Crippen LogP contribution in [0.3, 0.4) is 0 Å². The molecule has 8 heteroatoms. The highest BCUT2D eigenvalue weighted by Crippen LogP contribution is 2.27. The van der Waals surface area contributed by atoms with E-state index in [4.69, 9.17) is 10.2 Å². The zero-order valence-corrected chi connectivity index (χ0v) is 11.0. The van der Waals surface area contributed by atoms with Crippen molar-refractivity contribution in [3.8, 4) is 0 Å². The van der Waals surface area contributed by atoms with Crippen molar-refractivity contribution in [1.82, 2.24) is 5.32 Å². The Morgan fingerprint density at radius 1 is 1.22 bits per heavy atom. The van der Waals surface area contributed by atoms with Crippen LogP contribution in [-0.2, 0) is 0 Å². The van der Waals surface area contributed by atoms with Crippen molar-refractivity contribution in [2.75, 3.05) is 6.54 Å². The minimum atomic E-state index is -5.23. The molecule has 18 heavy (non-hydrogen) atoms. The van der Waals surface area contributed by atoms with E-state index >= 15 is 0 Å². The Labute approximate surface area is 114 Å². The first-order valence-corrected chi connectivity index (χ1v) is 5.76. The molecule has 1 aromatic carbocycles. The summed E-state index contributed by atoms with van der Waals surface area (Å²) in [5.74, 6) is -4.76. The van der Waals surface area contributed by atoms with E-state index in [-0.39, 0.29) is 5.56 Å². The minimum absolute atomic E-state index is 0.133. The van der Waals surface area contributed by atoms with Gasteiger partial charge in [-0.25, -0.2) is 0 Å². The lowest BCUT2D eigenvalue weighted by Gasteiger charge is -2.24. The molecule has 0 aromatic heterocycles. The molecule has 0 saturated heterocycles. The summed E-state index contributed by atoms with van der Waals surface area (Å²) in [4.78, 5) is 11.4. The van der Waals surface area contributed by atoms with E-state index < -0.39 is 24.4 Å². The molecule has 0 aliphatic heterocycles. The van der Waals surface area contributed by atoms with Crippen LogP contribution in [0.1, 0.15) is 10.4 Å². The molecule has 0 spiro atoms. The number of benzene rings is 1. The molecule has 0 atom stereocenters. The van der Waals surface area contributed by atoms with Gasteiger partial charge in [0.2, 0.25) is 0 Å². The SMILES string of the molecule is O=C(NCC(O)(O)C(F)(F)F)c1ccc(I)cc1. The molecule has 0 unspecified atom stereocenters. The van der Waals surface area contributed by atoms with E-state index in [0.29, 0.717) is 0 Å². The zero-order chi connectivity index (χ0) is 14.0. The van der Waals surface area contributed by atoms with Gasteiger partial charge in [0.15, 0.2) is 0 Å². The molecule has 1 aromatic rings. The number of carbonyl (C=O) groups excluding carboxylic acids is 1. The first-order chi connectivity index (χ1) is 8.13. The van der Waals surface area contributed by atoms with E-state index in [1.54, 1.807) is 17.4 Å². The van der Waals surface area contributed by atoms with Crippen molar-refractivity contribution in [1.29, 1.82) is 0 Å². The van der Waals surface area contributed by atoms with E-state index in [0.717, 1.165) is 3.57 Å². The Kier molecular flexibility index (Phi) is 4.56. The maximum absolute atomic E-state index is 12.1. The van der Waals surface area contributed by atoms with Crippen LogP contribution in [-0.4, -0.2) is 34.6 Å². The number of hydrogen-bond donors (Lipinski definition) is 3. The first kappa shape index (κ1) is 15.2. The Bertz CT molecular complexity index is 431. The molecule has 1 amide bonds. The molecular formula is C10H9F3INO3. The smallest absolute Gasteiger partial charge is 0.357 e. The summed E-state index contributed by atoms with van der Waals surface area (Å²) in [6.45, 7) is -1.33. The van der Waals surface area contributed by atoms with E-state index in [1.807, 2.05) is 22.6 Å². The van der Waals surface area contributed by atoms with Crippen molar-refractivity contribution >= 4 is 28.5 Å². The van der Waals surface area contributed by atoms with E-state index in [2.05, 4.69) is 0 Å². The van der Waals surface area contributed by atoms with Gasteiger partial charge in [-0.05, 0) is 46.9 Å². The molecule has 0 fully saturated rings. The van der Waals surface area contributed by atoms with Gasteiger partial charge in [-0.1, -0.05) is 0 Å². The molecule has 0 radical (unpaired) electrons. The largest absolute Gasteiger partial charge is 0.444 e. The van der Waals surface area contributed by atoms with Gasteiger partial charge in [0.25, 0.3) is 11.7 Å². The number of rotatable bonds is 3.